The number of benzene rings is 1. The van der Waals surface area contributed by atoms with Crippen molar-refractivity contribution in [1.82, 2.24) is 29.5 Å². The third-order valence-corrected chi connectivity index (χ3v) is 4.87. The van der Waals surface area contributed by atoms with Gasteiger partial charge in [0.05, 0.1) is 19.4 Å². The van der Waals surface area contributed by atoms with Crippen LogP contribution in [0.15, 0.2) is 54.2 Å². The molecule has 0 saturated carbocycles. The second-order valence-corrected chi connectivity index (χ2v) is 7.09. The Morgan fingerprint density at radius 3 is 2.68 bits per heavy atom. The molecule has 1 saturated heterocycles. The Morgan fingerprint density at radius 2 is 1.87 bits per heavy atom. The van der Waals surface area contributed by atoms with E-state index in [-0.39, 0.29) is 0 Å². The molecule has 1 fully saturated rings. The van der Waals surface area contributed by atoms with E-state index in [1.165, 1.54) is 5.56 Å². The standard InChI is InChI=1S/C21H21N9O/c1-15-4-2-5-16(12-15)13-25-28-18-17-19(27-21(26-18)29-8-10-31-11-9-29)30(14-24-17)20-22-6-3-7-23-20/h2-7,12-14H,8-11H2,1H3,(H,26,27,28)/b25-13+. The number of hydrazone groups is 1. The molecule has 1 N–H and O–H groups in total. The number of fused-ring (bicyclic) bond motifs is 1. The number of aryl methyl sites for hydroxylation is 1. The topological polar surface area (TPSA) is 106 Å². The van der Waals surface area contributed by atoms with Crippen molar-refractivity contribution in [2.24, 2.45) is 5.10 Å². The summed E-state index contributed by atoms with van der Waals surface area (Å²) in [5, 5.41) is 4.38. The number of imidazole rings is 1. The molecule has 1 aromatic carbocycles. The van der Waals surface area contributed by atoms with Gasteiger partial charge in [-0.25, -0.2) is 15.0 Å². The first-order chi connectivity index (χ1) is 15.3. The van der Waals surface area contributed by atoms with Gasteiger partial charge in [-0.15, -0.1) is 0 Å². The molecule has 10 nitrogen and oxygen atoms in total. The van der Waals surface area contributed by atoms with E-state index in [9.17, 15) is 0 Å². The highest BCUT2D eigenvalue weighted by molar-refractivity contribution is 5.86. The van der Waals surface area contributed by atoms with Crippen LogP contribution in [0.25, 0.3) is 17.1 Å². The normalized spacial score (nSPS) is 14.4. The van der Waals surface area contributed by atoms with E-state index in [1.807, 2.05) is 25.1 Å². The molecule has 4 aromatic rings. The molecular formula is C21H21N9O. The van der Waals surface area contributed by atoms with Crippen molar-refractivity contribution in [2.75, 3.05) is 36.6 Å². The quantitative estimate of drug-likeness (QED) is 0.391. The Labute approximate surface area is 178 Å². The zero-order chi connectivity index (χ0) is 21.0. The lowest BCUT2D eigenvalue weighted by Gasteiger charge is -2.26. The molecule has 0 unspecified atom stereocenters. The summed E-state index contributed by atoms with van der Waals surface area (Å²) in [5.41, 5.74) is 6.41. The fourth-order valence-electron chi connectivity index (χ4n) is 3.35. The summed E-state index contributed by atoms with van der Waals surface area (Å²) in [7, 11) is 0. The molecule has 0 bridgehead atoms. The second kappa shape index (κ2) is 8.44. The lowest BCUT2D eigenvalue weighted by atomic mass is 10.2. The van der Waals surface area contributed by atoms with Gasteiger partial charge >= 0.3 is 0 Å². The number of anilines is 2. The third kappa shape index (κ3) is 4.05. The predicted octanol–water partition coefficient (Wildman–Crippen LogP) is 2.20. The van der Waals surface area contributed by atoms with Crippen LogP contribution in [0.5, 0.6) is 0 Å². The van der Waals surface area contributed by atoms with Crippen molar-refractivity contribution in [2.45, 2.75) is 6.92 Å². The number of aromatic nitrogens is 6. The van der Waals surface area contributed by atoms with Crippen LogP contribution < -0.4 is 10.3 Å². The number of morpholine rings is 1. The summed E-state index contributed by atoms with van der Waals surface area (Å²) < 4.78 is 7.21. The van der Waals surface area contributed by atoms with Crippen molar-refractivity contribution in [3.63, 3.8) is 0 Å². The number of hydrogen-bond donors (Lipinski definition) is 1. The van der Waals surface area contributed by atoms with Crippen LogP contribution in [0.4, 0.5) is 11.8 Å². The molecule has 10 heteroatoms. The van der Waals surface area contributed by atoms with Crippen molar-refractivity contribution < 1.29 is 4.74 Å². The smallest absolute Gasteiger partial charge is 0.236 e. The number of rotatable bonds is 5. The van der Waals surface area contributed by atoms with Crippen LogP contribution >= 0.6 is 0 Å². The van der Waals surface area contributed by atoms with Gasteiger partial charge in [0.2, 0.25) is 11.9 Å². The van der Waals surface area contributed by atoms with E-state index in [0.29, 0.717) is 55.2 Å². The molecule has 0 spiro atoms. The lowest BCUT2D eigenvalue weighted by Crippen LogP contribution is -2.37. The Balaban J connectivity index is 1.54. The van der Waals surface area contributed by atoms with Crippen molar-refractivity contribution >= 4 is 29.1 Å². The number of hydrogen-bond acceptors (Lipinski definition) is 9. The third-order valence-electron chi connectivity index (χ3n) is 4.87. The maximum atomic E-state index is 5.47. The molecule has 31 heavy (non-hydrogen) atoms. The van der Waals surface area contributed by atoms with E-state index in [2.05, 4.69) is 36.4 Å². The van der Waals surface area contributed by atoms with Crippen LogP contribution in [-0.2, 0) is 4.74 Å². The average molecular weight is 415 g/mol. The summed E-state index contributed by atoms with van der Waals surface area (Å²) in [4.78, 5) is 24.7. The van der Waals surface area contributed by atoms with Gasteiger partial charge in [-0.1, -0.05) is 29.8 Å². The average Bonchev–Trinajstić information content (AvgIpc) is 3.24. The molecule has 156 valence electrons. The number of nitrogens with zero attached hydrogens (tertiary/aromatic N) is 8. The number of ether oxygens (including phenoxy) is 1. The molecule has 0 radical (unpaired) electrons. The van der Waals surface area contributed by atoms with Crippen molar-refractivity contribution in [3.8, 4) is 5.95 Å². The minimum Gasteiger partial charge on any atom is -0.378 e. The van der Waals surface area contributed by atoms with E-state index in [4.69, 9.17) is 14.7 Å². The molecule has 1 aliphatic heterocycles. The summed E-state index contributed by atoms with van der Waals surface area (Å²) in [6.45, 7) is 4.75. The van der Waals surface area contributed by atoms with Crippen LogP contribution in [-0.4, -0.2) is 62.0 Å². The van der Waals surface area contributed by atoms with Crippen molar-refractivity contribution in [3.05, 3.63) is 60.2 Å². The largest absolute Gasteiger partial charge is 0.378 e. The highest BCUT2D eigenvalue weighted by atomic mass is 16.5. The van der Waals surface area contributed by atoms with Crippen LogP contribution in [0.1, 0.15) is 11.1 Å². The van der Waals surface area contributed by atoms with Gasteiger partial charge in [0.15, 0.2) is 17.0 Å². The summed E-state index contributed by atoms with van der Waals surface area (Å²) in [5.74, 6) is 1.60. The summed E-state index contributed by atoms with van der Waals surface area (Å²) in [6.07, 6.45) is 6.77. The van der Waals surface area contributed by atoms with E-state index < -0.39 is 0 Å². The lowest BCUT2D eigenvalue weighted by molar-refractivity contribution is 0.122. The first-order valence-electron chi connectivity index (χ1n) is 9.99. The molecule has 4 heterocycles. The molecule has 0 aliphatic carbocycles. The Morgan fingerprint density at radius 1 is 1.03 bits per heavy atom. The first-order valence-corrected chi connectivity index (χ1v) is 9.99. The Kier molecular flexibility index (Phi) is 5.19. The first kappa shape index (κ1) is 19.1. The van der Waals surface area contributed by atoms with Gasteiger partial charge in [-0.2, -0.15) is 15.1 Å². The SMILES string of the molecule is Cc1cccc(/C=N/Nc2nc(N3CCOCC3)nc3c2ncn3-c2ncccn2)c1. The minimum absolute atomic E-state index is 0.492. The van der Waals surface area contributed by atoms with Gasteiger partial charge in [0, 0.05) is 25.5 Å². The maximum absolute atomic E-state index is 5.47. The van der Waals surface area contributed by atoms with Crippen LogP contribution in [0.3, 0.4) is 0 Å². The van der Waals surface area contributed by atoms with Gasteiger partial charge in [0.25, 0.3) is 0 Å². The fourth-order valence-corrected chi connectivity index (χ4v) is 3.35. The monoisotopic (exact) mass is 415 g/mol. The summed E-state index contributed by atoms with van der Waals surface area (Å²) in [6, 6.07) is 9.86. The molecule has 1 aliphatic rings. The minimum atomic E-state index is 0.492. The zero-order valence-corrected chi connectivity index (χ0v) is 17.0. The van der Waals surface area contributed by atoms with E-state index >= 15 is 0 Å². The molecule has 0 amide bonds. The zero-order valence-electron chi connectivity index (χ0n) is 17.0. The predicted molar refractivity (Wildman–Crippen MR) is 118 cm³/mol. The molecule has 3 aromatic heterocycles. The maximum Gasteiger partial charge on any atom is 0.236 e. The highest BCUT2D eigenvalue weighted by Gasteiger charge is 2.20. The number of nitrogens with one attached hydrogen (secondary N) is 1. The van der Waals surface area contributed by atoms with E-state index in [0.717, 1.165) is 5.56 Å². The Bertz CT molecular complexity index is 1220. The van der Waals surface area contributed by atoms with E-state index in [1.54, 1.807) is 35.6 Å². The molecule has 0 atom stereocenters. The van der Waals surface area contributed by atoms with Crippen LogP contribution in [0.2, 0.25) is 0 Å². The van der Waals surface area contributed by atoms with Gasteiger partial charge in [-0.05, 0) is 18.6 Å². The van der Waals surface area contributed by atoms with Gasteiger partial charge in [0.1, 0.15) is 6.33 Å². The van der Waals surface area contributed by atoms with Crippen LogP contribution in [0, 0.1) is 6.92 Å². The van der Waals surface area contributed by atoms with Gasteiger partial charge in [-0.3, -0.25) is 9.99 Å². The molecule has 5 rings (SSSR count). The molecular weight excluding hydrogens is 394 g/mol. The second-order valence-electron chi connectivity index (χ2n) is 7.09. The Hall–Kier alpha value is -3.92. The summed E-state index contributed by atoms with van der Waals surface area (Å²) >= 11 is 0. The van der Waals surface area contributed by atoms with Gasteiger partial charge < -0.3 is 9.64 Å². The highest BCUT2D eigenvalue weighted by Crippen LogP contribution is 2.24. The fraction of sp³-hybridized carbons (Fsp3) is 0.238. The van der Waals surface area contributed by atoms with Crippen molar-refractivity contribution in [1.29, 1.82) is 0 Å².